The number of rotatable bonds is 2. The van der Waals surface area contributed by atoms with Gasteiger partial charge in [0.15, 0.2) is 5.83 Å². The second kappa shape index (κ2) is 3.61. The van der Waals surface area contributed by atoms with Crippen LogP contribution in [0.5, 0.6) is 0 Å². The number of alkyl halides is 4. The molecule has 0 amide bonds. The molecule has 0 rings (SSSR count). The van der Waals surface area contributed by atoms with Gasteiger partial charge in [-0.15, -0.1) is 0 Å². The molecule has 0 aromatic heterocycles. The van der Waals surface area contributed by atoms with E-state index in [-0.39, 0.29) is 5.33 Å². The molecule has 0 aromatic carbocycles. The highest BCUT2D eigenvalue weighted by Gasteiger charge is 2.30. The summed E-state index contributed by atoms with van der Waals surface area (Å²) in [6.07, 6.45) is 0.745. The van der Waals surface area contributed by atoms with Crippen LogP contribution in [0.15, 0.2) is 11.9 Å². The maximum absolute atomic E-state index is 11.9. The molecule has 0 aromatic rings. The van der Waals surface area contributed by atoms with Crippen molar-refractivity contribution < 1.29 is 13.2 Å². The van der Waals surface area contributed by atoms with Crippen molar-refractivity contribution >= 4 is 31.9 Å². The summed E-state index contributed by atoms with van der Waals surface area (Å²) in [4.78, 5) is -3.51. The first kappa shape index (κ1) is 9.49. The van der Waals surface area contributed by atoms with Crippen molar-refractivity contribution in [3.05, 3.63) is 11.9 Å². The van der Waals surface area contributed by atoms with E-state index in [1.165, 1.54) is 0 Å². The van der Waals surface area contributed by atoms with E-state index in [1.807, 2.05) is 15.9 Å². The van der Waals surface area contributed by atoms with Crippen LogP contribution in [0, 0.1) is 0 Å². The highest BCUT2D eigenvalue weighted by Crippen LogP contribution is 2.31. The fraction of sp³-hybridized carbons (Fsp3) is 0.500. The van der Waals surface area contributed by atoms with Crippen LogP contribution < -0.4 is 0 Å². The minimum absolute atomic E-state index is 0.0834. The van der Waals surface area contributed by atoms with E-state index in [9.17, 15) is 13.2 Å². The van der Waals surface area contributed by atoms with Gasteiger partial charge in [-0.1, -0.05) is 15.9 Å². The lowest BCUT2D eigenvalue weighted by Gasteiger charge is -2.02. The Morgan fingerprint density at radius 1 is 1.56 bits per heavy atom. The highest BCUT2D eigenvalue weighted by atomic mass is 79.9. The topological polar surface area (TPSA) is 0 Å². The molecular formula is C4H3Br2F3. The molecule has 54 valence electrons. The van der Waals surface area contributed by atoms with Crippen LogP contribution in [0.1, 0.15) is 0 Å². The van der Waals surface area contributed by atoms with Crippen molar-refractivity contribution in [2.24, 2.45) is 0 Å². The molecule has 5 heteroatoms. The van der Waals surface area contributed by atoms with E-state index in [0.29, 0.717) is 0 Å². The predicted molar refractivity (Wildman–Crippen MR) is 36.9 cm³/mol. The van der Waals surface area contributed by atoms with Crippen molar-refractivity contribution in [1.29, 1.82) is 0 Å². The summed E-state index contributed by atoms with van der Waals surface area (Å²) in [5.41, 5.74) is 0. The van der Waals surface area contributed by atoms with Gasteiger partial charge < -0.3 is 0 Å². The Morgan fingerprint density at radius 3 is 2.11 bits per heavy atom. The largest absolute Gasteiger partial charge is 0.351 e. The monoisotopic (exact) mass is 266 g/mol. The second-order valence-electron chi connectivity index (χ2n) is 1.20. The van der Waals surface area contributed by atoms with Gasteiger partial charge in [-0.2, -0.15) is 8.78 Å². The smallest absolute Gasteiger partial charge is 0.204 e. The predicted octanol–water partition coefficient (Wildman–Crippen LogP) is 3.22. The standard InChI is InChI=1S/C4H3Br2F3/c5-2-1-3(7)4(6,8)9/h1H,2H2/b3-1-. The normalized spacial score (nSPS) is 14.1. The van der Waals surface area contributed by atoms with Gasteiger partial charge in [0.2, 0.25) is 0 Å². The summed E-state index contributed by atoms with van der Waals surface area (Å²) in [5.74, 6) is -1.47. The maximum Gasteiger partial charge on any atom is 0.351 e. The van der Waals surface area contributed by atoms with Gasteiger partial charge in [-0.25, -0.2) is 4.39 Å². The van der Waals surface area contributed by atoms with Crippen LogP contribution in [0.3, 0.4) is 0 Å². The van der Waals surface area contributed by atoms with Gasteiger partial charge >= 0.3 is 4.83 Å². The quantitative estimate of drug-likeness (QED) is 0.674. The van der Waals surface area contributed by atoms with Crippen molar-refractivity contribution in [1.82, 2.24) is 0 Å². The summed E-state index contributed by atoms with van der Waals surface area (Å²) in [7, 11) is 0. The Bertz CT molecular complexity index is 115. The molecule has 0 atom stereocenters. The SMILES string of the molecule is F/C(=C\CBr)C(F)(F)Br. The Morgan fingerprint density at radius 2 is 2.00 bits per heavy atom. The molecule has 0 N–H and O–H groups in total. The van der Waals surface area contributed by atoms with Crippen LogP contribution in [0.4, 0.5) is 13.2 Å². The Labute approximate surface area is 67.4 Å². The molecule has 0 nitrogen and oxygen atoms in total. The molecular weight excluding hydrogens is 265 g/mol. The van der Waals surface area contributed by atoms with E-state index in [4.69, 9.17) is 0 Å². The van der Waals surface area contributed by atoms with Crippen LogP contribution >= 0.6 is 31.9 Å². The van der Waals surface area contributed by atoms with E-state index in [1.54, 1.807) is 0 Å². The first-order valence-corrected chi connectivity index (χ1v) is 3.88. The molecule has 0 aliphatic heterocycles. The molecule has 0 aliphatic carbocycles. The molecule has 0 heterocycles. The third-order valence-electron chi connectivity index (χ3n) is 0.527. The van der Waals surface area contributed by atoms with Gasteiger partial charge in [0.05, 0.1) is 0 Å². The molecule has 9 heavy (non-hydrogen) atoms. The van der Waals surface area contributed by atoms with E-state index >= 15 is 0 Å². The van der Waals surface area contributed by atoms with Crippen LogP contribution in [0.2, 0.25) is 0 Å². The van der Waals surface area contributed by atoms with E-state index in [0.717, 1.165) is 6.08 Å². The minimum atomic E-state index is -3.51. The number of hydrogen-bond donors (Lipinski definition) is 0. The number of allylic oxidation sites excluding steroid dienone is 2. The zero-order chi connectivity index (χ0) is 7.49. The Hall–Kier alpha value is 0.490. The average Bonchev–Trinajstić information content (AvgIpc) is 1.64. The van der Waals surface area contributed by atoms with Gasteiger partial charge in [-0.05, 0) is 22.0 Å². The van der Waals surface area contributed by atoms with Crippen LogP contribution in [-0.4, -0.2) is 10.2 Å². The van der Waals surface area contributed by atoms with Crippen molar-refractivity contribution in [2.45, 2.75) is 4.83 Å². The summed E-state index contributed by atoms with van der Waals surface area (Å²) in [6.45, 7) is 0. The minimum Gasteiger partial charge on any atom is -0.204 e. The van der Waals surface area contributed by atoms with E-state index < -0.39 is 10.7 Å². The third-order valence-corrected chi connectivity index (χ3v) is 1.23. The average molecular weight is 268 g/mol. The van der Waals surface area contributed by atoms with Gasteiger partial charge in [-0.3, -0.25) is 0 Å². The fourth-order valence-electron chi connectivity index (χ4n) is 0.183. The van der Waals surface area contributed by atoms with E-state index in [2.05, 4.69) is 15.9 Å². The molecule has 0 unspecified atom stereocenters. The summed E-state index contributed by atoms with van der Waals surface area (Å²) in [6, 6.07) is 0. The summed E-state index contributed by atoms with van der Waals surface area (Å²) in [5, 5.41) is 0.0834. The molecule has 0 saturated carbocycles. The number of hydrogen-bond acceptors (Lipinski definition) is 0. The van der Waals surface area contributed by atoms with Gasteiger partial charge in [0, 0.05) is 5.33 Å². The summed E-state index contributed by atoms with van der Waals surface area (Å²) < 4.78 is 35.5. The Kier molecular flexibility index (Phi) is 3.80. The fourth-order valence-corrected chi connectivity index (χ4v) is 0.630. The molecule has 0 bridgehead atoms. The third kappa shape index (κ3) is 3.97. The van der Waals surface area contributed by atoms with Crippen molar-refractivity contribution in [3.8, 4) is 0 Å². The van der Waals surface area contributed by atoms with Gasteiger partial charge in [0.1, 0.15) is 0 Å². The van der Waals surface area contributed by atoms with Crippen molar-refractivity contribution in [2.75, 3.05) is 5.33 Å². The Balaban J connectivity index is 4.03. The lowest BCUT2D eigenvalue weighted by Crippen LogP contribution is -2.04. The molecule has 0 fully saturated rings. The first-order valence-electron chi connectivity index (χ1n) is 1.97. The van der Waals surface area contributed by atoms with Crippen LogP contribution in [-0.2, 0) is 0 Å². The van der Waals surface area contributed by atoms with Crippen molar-refractivity contribution in [3.63, 3.8) is 0 Å². The number of halogens is 5. The maximum atomic E-state index is 11.9. The zero-order valence-electron chi connectivity index (χ0n) is 4.17. The van der Waals surface area contributed by atoms with Crippen LogP contribution in [0.25, 0.3) is 0 Å². The first-order chi connectivity index (χ1) is 3.98. The van der Waals surface area contributed by atoms with Gasteiger partial charge in [0.25, 0.3) is 0 Å². The second-order valence-corrected chi connectivity index (χ2v) is 2.85. The molecule has 0 saturated heterocycles. The highest BCUT2D eigenvalue weighted by molar-refractivity contribution is 9.10. The lowest BCUT2D eigenvalue weighted by molar-refractivity contribution is 0.127. The molecule has 0 aliphatic rings. The molecule has 0 spiro atoms. The zero-order valence-corrected chi connectivity index (χ0v) is 7.35. The molecule has 0 radical (unpaired) electrons. The lowest BCUT2D eigenvalue weighted by atomic mass is 10.5. The summed E-state index contributed by atoms with van der Waals surface area (Å²) >= 11 is 4.62.